The quantitative estimate of drug-likeness (QED) is 0.516. The van der Waals surface area contributed by atoms with Crippen molar-refractivity contribution < 1.29 is 14.3 Å². The van der Waals surface area contributed by atoms with Crippen LogP contribution in [0.15, 0.2) is 0 Å². The number of carbonyl (C=O) groups is 2. The first-order valence-electron chi connectivity index (χ1n) is 6.73. The molecular weight excluding hydrogens is 232 g/mol. The summed E-state index contributed by atoms with van der Waals surface area (Å²) in [7, 11) is 1.83. The fourth-order valence-corrected chi connectivity index (χ4v) is 2.18. The van der Waals surface area contributed by atoms with E-state index in [2.05, 4.69) is 6.92 Å². The summed E-state index contributed by atoms with van der Waals surface area (Å²) in [6.45, 7) is 5.96. The number of esters is 1. The van der Waals surface area contributed by atoms with E-state index >= 15 is 0 Å². The van der Waals surface area contributed by atoms with Crippen molar-refractivity contribution in [2.75, 3.05) is 26.7 Å². The zero-order valence-electron chi connectivity index (χ0n) is 11.6. The fraction of sp³-hybridized carbons (Fsp3) is 0.846. The average molecular weight is 256 g/mol. The van der Waals surface area contributed by atoms with Crippen molar-refractivity contribution in [2.45, 2.75) is 45.6 Å². The van der Waals surface area contributed by atoms with Gasteiger partial charge in [0.05, 0.1) is 6.61 Å². The molecule has 0 aromatic carbocycles. The molecule has 1 rings (SSSR count). The zero-order chi connectivity index (χ0) is 13.5. The normalized spacial score (nSPS) is 17.2. The minimum atomic E-state index is -0.123. The Morgan fingerprint density at radius 3 is 2.67 bits per heavy atom. The van der Waals surface area contributed by atoms with Crippen LogP contribution in [0.25, 0.3) is 0 Å². The van der Waals surface area contributed by atoms with Gasteiger partial charge in [-0.3, -0.25) is 4.79 Å². The smallest absolute Gasteiger partial charge is 0.320 e. The van der Waals surface area contributed by atoms with Crippen LogP contribution in [0.3, 0.4) is 0 Å². The van der Waals surface area contributed by atoms with E-state index in [0.717, 1.165) is 32.4 Å². The van der Waals surface area contributed by atoms with Gasteiger partial charge in [-0.25, -0.2) is 4.79 Å². The molecule has 0 N–H and O–H groups in total. The third-order valence-electron chi connectivity index (χ3n) is 3.34. The van der Waals surface area contributed by atoms with Crippen LogP contribution in [0, 0.1) is 0 Å². The highest BCUT2D eigenvalue weighted by Gasteiger charge is 2.28. The number of hydrogen-bond acceptors (Lipinski definition) is 3. The average Bonchev–Trinajstić information content (AvgIpc) is 2.66. The molecule has 0 radical (unpaired) electrons. The Bertz CT molecular complexity index is 294. The van der Waals surface area contributed by atoms with Gasteiger partial charge in [0.25, 0.3) is 0 Å². The lowest BCUT2D eigenvalue weighted by Crippen LogP contribution is -2.36. The number of hydrogen-bond donors (Lipinski definition) is 0. The van der Waals surface area contributed by atoms with Crippen molar-refractivity contribution >= 4 is 12.0 Å². The van der Waals surface area contributed by atoms with Gasteiger partial charge >= 0.3 is 12.0 Å². The van der Waals surface area contributed by atoms with E-state index in [9.17, 15) is 9.59 Å². The van der Waals surface area contributed by atoms with E-state index in [-0.39, 0.29) is 18.0 Å². The number of unbranched alkanes of at least 4 members (excludes halogenated alkanes) is 1. The van der Waals surface area contributed by atoms with Crippen LogP contribution in [-0.2, 0) is 9.53 Å². The van der Waals surface area contributed by atoms with Crippen LogP contribution in [0.1, 0.15) is 39.5 Å². The Kier molecular flexibility index (Phi) is 5.95. The Morgan fingerprint density at radius 2 is 2.11 bits per heavy atom. The highest BCUT2D eigenvalue weighted by molar-refractivity contribution is 5.76. The van der Waals surface area contributed by atoms with E-state index in [0.29, 0.717) is 13.0 Å². The van der Waals surface area contributed by atoms with Gasteiger partial charge < -0.3 is 14.5 Å². The Hall–Kier alpha value is -1.26. The van der Waals surface area contributed by atoms with Crippen molar-refractivity contribution in [2.24, 2.45) is 0 Å². The number of likely N-dealkylation sites (N-methyl/N-ethyl adjacent to an activating group) is 1. The number of ether oxygens (including phenoxy) is 1. The molecule has 0 aliphatic carbocycles. The van der Waals surface area contributed by atoms with Gasteiger partial charge in [0, 0.05) is 32.6 Å². The molecule has 1 saturated heterocycles. The fourth-order valence-electron chi connectivity index (χ4n) is 2.18. The minimum Gasteiger partial charge on any atom is -0.466 e. The van der Waals surface area contributed by atoms with E-state index in [1.165, 1.54) is 0 Å². The van der Waals surface area contributed by atoms with Crippen molar-refractivity contribution in [3.8, 4) is 0 Å². The lowest BCUT2D eigenvalue weighted by Gasteiger charge is -2.23. The van der Waals surface area contributed by atoms with Crippen molar-refractivity contribution in [3.63, 3.8) is 0 Å². The number of carbonyl (C=O) groups excluding carboxylic acids is 2. The molecule has 104 valence electrons. The predicted octanol–water partition coefficient (Wildman–Crippen LogP) is 1.87. The molecule has 0 spiro atoms. The van der Waals surface area contributed by atoms with Gasteiger partial charge in [-0.1, -0.05) is 6.42 Å². The lowest BCUT2D eigenvalue weighted by molar-refractivity contribution is -0.143. The van der Waals surface area contributed by atoms with Crippen molar-refractivity contribution in [1.29, 1.82) is 0 Å². The maximum Gasteiger partial charge on any atom is 0.320 e. The zero-order valence-corrected chi connectivity index (χ0v) is 11.6. The second-order valence-corrected chi connectivity index (χ2v) is 4.80. The molecule has 2 amide bonds. The summed E-state index contributed by atoms with van der Waals surface area (Å²) in [5.41, 5.74) is 0. The first-order valence-corrected chi connectivity index (χ1v) is 6.73. The summed E-state index contributed by atoms with van der Waals surface area (Å²) in [6, 6.07) is 0.373. The Labute approximate surface area is 109 Å². The van der Waals surface area contributed by atoms with Gasteiger partial charge in [0.15, 0.2) is 0 Å². The van der Waals surface area contributed by atoms with Gasteiger partial charge in [-0.05, 0) is 26.7 Å². The maximum atomic E-state index is 11.8. The second kappa shape index (κ2) is 7.24. The van der Waals surface area contributed by atoms with Crippen LogP contribution < -0.4 is 0 Å². The molecule has 18 heavy (non-hydrogen) atoms. The summed E-state index contributed by atoms with van der Waals surface area (Å²) >= 11 is 0. The van der Waals surface area contributed by atoms with E-state index in [1.54, 1.807) is 4.90 Å². The van der Waals surface area contributed by atoms with Crippen molar-refractivity contribution in [3.05, 3.63) is 0 Å². The molecule has 1 atom stereocenters. The van der Waals surface area contributed by atoms with Crippen LogP contribution in [-0.4, -0.2) is 54.6 Å². The molecule has 5 nitrogen and oxygen atoms in total. The SMILES string of the molecule is CCOC(=O)CCCCC(C)N1CCN(C)C1=O. The van der Waals surface area contributed by atoms with E-state index in [1.807, 2.05) is 18.9 Å². The van der Waals surface area contributed by atoms with E-state index in [4.69, 9.17) is 4.74 Å². The molecule has 0 bridgehead atoms. The minimum absolute atomic E-state index is 0.118. The summed E-state index contributed by atoms with van der Waals surface area (Å²) in [6.07, 6.45) is 3.21. The Balaban J connectivity index is 2.16. The van der Waals surface area contributed by atoms with Crippen LogP contribution in [0.2, 0.25) is 0 Å². The third-order valence-corrected chi connectivity index (χ3v) is 3.34. The molecule has 5 heteroatoms. The summed E-state index contributed by atoms with van der Waals surface area (Å²) in [5, 5.41) is 0. The number of nitrogens with zero attached hydrogens (tertiary/aromatic N) is 2. The summed E-state index contributed by atoms with van der Waals surface area (Å²) in [4.78, 5) is 26.5. The van der Waals surface area contributed by atoms with E-state index < -0.39 is 0 Å². The molecule has 0 aromatic heterocycles. The monoisotopic (exact) mass is 256 g/mol. The second-order valence-electron chi connectivity index (χ2n) is 4.80. The molecule has 1 aliphatic rings. The van der Waals surface area contributed by atoms with Gasteiger partial charge in [0.1, 0.15) is 0 Å². The largest absolute Gasteiger partial charge is 0.466 e. The molecule has 0 aromatic rings. The topological polar surface area (TPSA) is 49.9 Å². The highest BCUT2D eigenvalue weighted by atomic mass is 16.5. The number of urea groups is 1. The number of amides is 2. The third kappa shape index (κ3) is 4.20. The highest BCUT2D eigenvalue weighted by Crippen LogP contribution is 2.15. The number of rotatable bonds is 7. The van der Waals surface area contributed by atoms with Crippen LogP contribution in [0.5, 0.6) is 0 Å². The molecule has 1 unspecified atom stereocenters. The van der Waals surface area contributed by atoms with Crippen LogP contribution >= 0.6 is 0 Å². The summed E-state index contributed by atoms with van der Waals surface area (Å²) < 4.78 is 4.87. The molecule has 1 heterocycles. The summed E-state index contributed by atoms with van der Waals surface area (Å²) in [5.74, 6) is -0.123. The van der Waals surface area contributed by atoms with Crippen LogP contribution in [0.4, 0.5) is 4.79 Å². The molecule has 1 fully saturated rings. The first kappa shape index (κ1) is 14.8. The van der Waals surface area contributed by atoms with Gasteiger partial charge in [-0.2, -0.15) is 0 Å². The van der Waals surface area contributed by atoms with Crippen molar-refractivity contribution in [1.82, 2.24) is 9.80 Å². The Morgan fingerprint density at radius 1 is 1.39 bits per heavy atom. The standard InChI is InChI=1S/C13H24N2O3/c1-4-18-12(16)8-6-5-7-11(2)15-10-9-14(3)13(15)17/h11H,4-10H2,1-3H3. The molecular formula is C13H24N2O3. The maximum absolute atomic E-state index is 11.8. The molecule has 0 saturated carbocycles. The van der Waals surface area contributed by atoms with Gasteiger partial charge in [-0.15, -0.1) is 0 Å². The lowest BCUT2D eigenvalue weighted by atomic mass is 10.1. The molecule has 1 aliphatic heterocycles. The van der Waals surface area contributed by atoms with Gasteiger partial charge in [0.2, 0.25) is 0 Å². The predicted molar refractivity (Wildman–Crippen MR) is 69.3 cm³/mol. The first-order chi connectivity index (χ1) is 8.56.